The Morgan fingerprint density at radius 2 is 1.40 bits per heavy atom. The van der Waals surface area contributed by atoms with Crippen LogP contribution in [0.2, 0.25) is 0 Å². The summed E-state index contributed by atoms with van der Waals surface area (Å²) in [6.07, 6.45) is 10.0. The predicted molar refractivity (Wildman–Crippen MR) is 64.8 cm³/mol. The lowest BCUT2D eigenvalue weighted by Crippen LogP contribution is -2.00. The SMILES string of the molecule is C=CC(O)CCCCCCCCC(C)O. The zero-order chi connectivity index (χ0) is 11.5. The lowest BCUT2D eigenvalue weighted by Gasteiger charge is -2.05. The summed E-state index contributed by atoms with van der Waals surface area (Å²) in [5.74, 6) is 0. The maximum atomic E-state index is 9.21. The predicted octanol–water partition coefficient (Wildman–Crippen LogP) is 3.03. The van der Waals surface area contributed by atoms with Gasteiger partial charge in [-0.05, 0) is 19.8 Å². The van der Waals surface area contributed by atoms with Crippen LogP contribution in [0.1, 0.15) is 58.3 Å². The number of hydrogen-bond acceptors (Lipinski definition) is 2. The van der Waals surface area contributed by atoms with Gasteiger partial charge in [-0.15, -0.1) is 6.58 Å². The van der Waals surface area contributed by atoms with Gasteiger partial charge in [-0.3, -0.25) is 0 Å². The minimum Gasteiger partial charge on any atom is -0.393 e. The Morgan fingerprint density at radius 1 is 0.933 bits per heavy atom. The van der Waals surface area contributed by atoms with E-state index in [0.717, 1.165) is 25.7 Å². The summed E-state index contributed by atoms with van der Waals surface area (Å²) in [6, 6.07) is 0. The fourth-order valence-electron chi connectivity index (χ4n) is 1.62. The zero-order valence-electron chi connectivity index (χ0n) is 9.99. The van der Waals surface area contributed by atoms with Crippen LogP contribution in [0, 0.1) is 0 Å². The largest absolute Gasteiger partial charge is 0.393 e. The molecule has 0 heterocycles. The van der Waals surface area contributed by atoms with Crippen LogP contribution in [0.4, 0.5) is 0 Å². The highest BCUT2D eigenvalue weighted by atomic mass is 16.3. The van der Waals surface area contributed by atoms with Crippen LogP contribution in [0.15, 0.2) is 12.7 Å². The summed E-state index contributed by atoms with van der Waals surface area (Å²) in [7, 11) is 0. The Morgan fingerprint density at radius 3 is 1.87 bits per heavy atom. The molecule has 0 rings (SSSR count). The molecular weight excluding hydrogens is 188 g/mol. The second-order valence-electron chi connectivity index (χ2n) is 4.35. The quantitative estimate of drug-likeness (QED) is 0.433. The molecule has 0 aliphatic rings. The molecule has 0 aromatic carbocycles. The molecule has 2 unspecified atom stereocenters. The summed E-state index contributed by atoms with van der Waals surface area (Å²) >= 11 is 0. The first-order valence-corrected chi connectivity index (χ1v) is 6.15. The molecule has 0 amide bonds. The van der Waals surface area contributed by atoms with Crippen LogP contribution in [0.3, 0.4) is 0 Å². The number of aliphatic hydroxyl groups excluding tert-OH is 2. The van der Waals surface area contributed by atoms with Gasteiger partial charge < -0.3 is 10.2 Å². The van der Waals surface area contributed by atoms with Gasteiger partial charge in [-0.1, -0.05) is 44.6 Å². The van der Waals surface area contributed by atoms with Crippen molar-refractivity contribution in [3.63, 3.8) is 0 Å². The smallest absolute Gasteiger partial charge is 0.0718 e. The monoisotopic (exact) mass is 214 g/mol. The van der Waals surface area contributed by atoms with Gasteiger partial charge in [-0.2, -0.15) is 0 Å². The summed E-state index contributed by atoms with van der Waals surface area (Å²) < 4.78 is 0. The molecule has 15 heavy (non-hydrogen) atoms. The first-order chi connectivity index (χ1) is 7.16. The average molecular weight is 214 g/mol. The first kappa shape index (κ1) is 14.7. The lowest BCUT2D eigenvalue weighted by molar-refractivity contribution is 0.180. The van der Waals surface area contributed by atoms with Crippen molar-refractivity contribution in [2.45, 2.75) is 70.5 Å². The topological polar surface area (TPSA) is 40.5 Å². The summed E-state index contributed by atoms with van der Waals surface area (Å²) in [5, 5.41) is 18.3. The summed E-state index contributed by atoms with van der Waals surface area (Å²) in [6.45, 7) is 5.39. The Labute approximate surface area is 94.0 Å². The molecule has 2 atom stereocenters. The Kier molecular flexibility index (Phi) is 9.96. The fourth-order valence-corrected chi connectivity index (χ4v) is 1.62. The van der Waals surface area contributed by atoms with Gasteiger partial charge >= 0.3 is 0 Å². The highest BCUT2D eigenvalue weighted by Crippen LogP contribution is 2.10. The van der Waals surface area contributed by atoms with Gasteiger partial charge in [0, 0.05) is 0 Å². The minimum atomic E-state index is -0.319. The van der Waals surface area contributed by atoms with Crippen molar-refractivity contribution in [1.82, 2.24) is 0 Å². The maximum Gasteiger partial charge on any atom is 0.0718 e. The first-order valence-electron chi connectivity index (χ1n) is 6.15. The van der Waals surface area contributed by atoms with Gasteiger partial charge in [0.15, 0.2) is 0 Å². The Bertz CT molecular complexity index is 143. The third-order valence-electron chi connectivity index (χ3n) is 2.64. The van der Waals surface area contributed by atoms with Crippen molar-refractivity contribution >= 4 is 0 Å². The molecule has 0 saturated carbocycles. The van der Waals surface area contributed by atoms with Crippen LogP contribution in [-0.2, 0) is 0 Å². The molecule has 90 valence electrons. The highest BCUT2D eigenvalue weighted by molar-refractivity contribution is 4.77. The molecule has 0 spiro atoms. The van der Waals surface area contributed by atoms with Crippen molar-refractivity contribution in [2.24, 2.45) is 0 Å². The Balaban J connectivity index is 3.02. The number of aliphatic hydroxyl groups is 2. The van der Waals surface area contributed by atoms with E-state index >= 15 is 0 Å². The average Bonchev–Trinajstić information content (AvgIpc) is 2.21. The van der Waals surface area contributed by atoms with Crippen LogP contribution in [0.25, 0.3) is 0 Å². The van der Waals surface area contributed by atoms with E-state index in [1.165, 1.54) is 25.7 Å². The Hall–Kier alpha value is -0.340. The molecule has 0 bridgehead atoms. The van der Waals surface area contributed by atoms with Crippen LogP contribution >= 0.6 is 0 Å². The maximum absolute atomic E-state index is 9.21. The fraction of sp³-hybridized carbons (Fsp3) is 0.846. The van der Waals surface area contributed by atoms with E-state index in [1.54, 1.807) is 6.08 Å². The third kappa shape index (κ3) is 11.6. The second-order valence-corrected chi connectivity index (χ2v) is 4.35. The van der Waals surface area contributed by atoms with Gasteiger partial charge in [0.2, 0.25) is 0 Å². The van der Waals surface area contributed by atoms with Crippen molar-refractivity contribution in [1.29, 1.82) is 0 Å². The molecule has 0 aromatic heterocycles. The van der Waals surface area contributed by atoms with Crippen molar-refractivity contribution < 1.29 is 10.2 Å². The van der Waals surface area contributed by atoms with Crippen molar-refractivity contribution in [3.05, 3.63) is 12.7 Å². The van der Waals surface area contributed by atoms with E-state index in [0.29, 0.717) is 0 Å². The van der Waals surface area contributed by atoms with E-state index in [9.17, 15) is 5.11 Å². The summed E-state index contributed by atoms with van der Waals surface area (Å²) in [5.41, 5.74) is 0. The number of rotatable bonds is 10. The standard InChI is InChI=1S/C13H26O2/c1-3-13(15)11-9-7-5-4-6-8-10-12(2)14/h3,12-15H,1,4-11H2,2H3. The van der Waals surface area contributed by atoms with E-state index in [-0.39, 0.29) is 12.2 Å². The van der Waals surface area contributed by atoms with Gasteiger partial charge in [-0.25, -0.2) is 0 Å². The van der Waals surface area contributed by atoms with Crippen molar-refractivity contribution in [3.8, 4) is 0 Å². The summed E-state index contributed by atoms with van der Waals surface area (Å²) in [4.78, 5) is 0. The molecule has 2 heteroatoms. The minimum absolute atomic E-state index is 0.146. The molecule has 2 nitrogen and oxygen atoms in total. The molecule has 2 N–H and O–H groups in total. The lowest BCUT2D eigenvalue weighted by atomic mass is 10.1. The van der Waals surface area contributed by atoms with Crippen LogP contribution < -0.4 is 0 Å². The second kappa shape index (κ2) is 10.2. The molecule has 0 aliphatic heterocycles. The van der Waals surface area contributed by atoms with E-state index < -0.39 is 0 Å². The van der Waals surface area contributed by atoms with Gasteiger partial charge in [0.1, 0.15) is 0 Å². The molecule has 0 aromatic rings. The van der Waals surface area contributed by atoms with Crippen LogP contribution in [-0.4, -0.2) is 22.4 Å². The van der Waals surface area contributed by atoms with Crippen LogP contribution in [0.5, 0.6) is 0 Å². The molecule has 0 radical (unpaired) electrons. The van der Waals surface area contributed by atoms with E-state index in [1.807, 2.05) is 6.92 Å². The zero-order valence-corrected chi connectivity index (χ0v) is 9.99. The molecular formula is C13H26O2. The third-order valence-corrected chi connectivity index (χ3v) is 2.64. The van der Waals surface area contributed by atoms with Crippen molar-refractivity contribution in [2.75, 3.05) is 0 Å². The molecule has 0 saturated heterocycles. The number of unbranched alkanes of at least 4 members (excludes halogenated alkanes) is 5. The van der Waals surface area contributed by atoms with E-state index in [4.69, 9.17) is 5.11 Å². The molecule has 0 aliphatic carbocycles. The normalized spacial score (nSPS) is 14.9. The van der Waals surface area contributed by atoms with Gasteiger partial charge in [0.25, 0.3) is 0 Å². The molecule has 0 fully saturated rings. The number of hydrogen-bond donors (Lipinski definition) is 2. The van der Waals surface area contributed by atoms with Gasteiger partial charge in [0.05, 0.1) is 12.2 Å². The highest BCUT2D eigenvalue weighted by Gasteiger charge is 1.98. The van der Waals surface area contributed by atoms with E-state index in [2.05, 4.69) is 6.58 Å².